The van der Waals surface area contributed by atoms with E-state index in [9.17, 15) is 9.59 Å². The lowest BCUT2D eigenvalue weighted by Crippen LogP contribution is -2.39. The summed E-state index contributed by atoms with van der Waals surface area (Å²) in [6.45, 7) is 3.78. The number of rotatable bonds is 6. The van der Waals surface area contributed by atoms with Crippen molar-refractivity contribution in [3.8, 4) is 0 Å². The molecule has 1 atom stereocenters. The molecule has 1 rings (SSSR count). The summed E-state index contributed by atoms with van der Waals surface area (Å²) in [5, 5.41) is 5.39. The van der Waals surface area contributed by atoms with E-state index >= 15 is 0 Å². The predicted molar refractivity (Wildman–Crippen MR) is 78.4 cm³/mol. The van der Waals surface area contributed by atoms with Crippen molar-refractivity contribution in [2.24, 2.45) is 11.7 Å². The van der Waals surface area contributed by atoms with Crippen molar-refractivity contribution >= 4 is 23.2 Å². The highest BCUT2D eigenvalue weighted by molar-refractivity contribution is 5.95. The molecule has 0 aromatic heterocycles. The lowest BCUT2D eigenvalue weighted by molar-refractivity contribution is -0.120. The predicted octanol–water partition coefficient (Wildman–Crippen LogP) is 1.19. The van der Waals surface area contributed by atoms with Gasteiger partial charge in [-0.1, -0.05) is 13.8 Å². The fourth-order valence-corrected chi connectivity index (χ4v) is 1.49. The van der Waals surface area contributed by atoms with Crippen molar-refractivity contribution in [2.45, 2.75) is 19.9 Å². The first kappa shape index (κ1) is 16.1. The maximum atomic E-state index is 11.8. The topological polar surface area (TPSA) is 93.5 Å². The van der Waals surface area contributed by atoms with E-state index in [1.165, 1.54) is 7.11 Å². The van der Waals surface area contributed by atoms with Crippen LogP contribution >= 0.6 is 0 Å². The molecule has 0 spiro atoms. The third kappa shape index (κ3) is 4.99. The van der Waals surface area contributed by atoms with Crippen molar-refractivity contribution in [1.82, 2.24) is 0 Å². The van der Waals surface area contributed by atoms with Crippen molar-refractivity contribution in [1.29, 1.82) is 0 Å². The minimum absolute atomic E-state index is 0.00172. The Morgan fingerprint density at radius 1 is 1.15 bits per heavy atom. The molecule has 4 N–H and O–H groups in total. The monoisotopic (exact) mass is 279 g/mol. The zero-order chi connectivity index (χ0) is 15.1. The number of methoxy groups -OCH3 is 1. The molecule has 0 aliphatic rings. The first-order valence-electron chi connectivity index (χ1n) is 6.39. The third-order valence-corrected chi connectivity index (χ3v) is 2.73. The van der Waals surface area contributed by atoms with Crippen LogP contribution in [0.4, 0.5) is 11.4 Å². The molecule has 6 heteroatoms. The van der Waals surface area contributed by atoms with Gasteiger partial charge in [0.2, 0.25) is 11.8 Å². The quantitative estimate of drug-likeness (QED) is 0.729. The highest BCUT2D eigenvalue weighted by Crippen LogP contribution is 2.14. The first-order valence-corrected chi connectivity index (χ1v) is 6.39. The van der Waals surface area contributed by atoms with Gasteiger partial charge in [-0.15, -0.1) is 0 Å². The average Bonchev–Trinajstić information content (AvgIpc) is 2.40. The van der Waals surface area contributed by atoms with Crippen LogP contribution in [0, 0.1) is 5.92 Å². The van der Waals surface area contributed by atoms with Crippen molar-refractivity contribution in [3.05, 3.63) is 24.3 Å². The maximum absolute atomic E-state index is 11.8. The molecule has 20 heavy (non-hydrogen) atoms. The second kappa shape index (κ2) is 7.62. The zero-order valence-electron chi connectivity index (χ0n) is 12.0. The van der Waals surface area contributed by atoms with Crippen LogP contribution in [-0.4, -0.2) is 31.6 Å². The third-order valence-electron chi connectivity index (χ3n) is 2.73. The Balaban J connectivity index is 2.58. The second-order valence-corrected chi connectivity index (χ2v) is 4.82. The molecule has 110 valence electrons. The number of nitrogens with one attached hydrogen (secondary N) is 2. The Labute approximate surface area is 118 Å². The van der Waals surface area contributed by atoms with Crippen LogP contribution in [0.2, 0.25) is 0 Å². The lowest BCUT2D eigenvalue weighted by atomic mass is 10.0. The molecular formula is C14H21N3O3. The molecule has 0 radical (unpaired) electrons. The van der Waals surface area contributed by atoms with Crippen LogP contribution in [0.1, 0.15) is 13.8 Å². The van der Waals surface area contributed by atoms with E-state index in [2.05, 4.69) is 10.6 Å². The van der Waals surface area contributed by atoms with Crippen LogP contribution < -0.4 is 16.4 Å². The molecule has 6 nitrogen and oxygen atoms in total. The van der Waals surface area contributed by atoms with Gasteiger partial charge in [-0.05, 0) is 30.2 Å². The summed E-state index contributed by atoms with van der Waals surface area (Å²) in [4.78, 5) is 23.1. The van der Waals surface area contributed by atoms with Gasteiger partial charge < -0.3 is 21.1 Å². The SMILES string of the molecule is COCC(=O)Nc1ccc(NC(=O)C(N)C(C)C)cc1. The van der Waals surface area contributed by atoms with E-state index in [1.54, 1.807) is 24.3 Å². The maximum Gasteiger partial charge on any atom is 0.250 e. The molecule has 0 saturated heterocycles. The fourth-order valence-electron chi connectivity index (χ4n) is 1.49. The van der Waals surface area contributed by atoms with Gasteiger partial charge in [-0.3, -0.25) is 9.59 Å². The van der Waals surface area contributed by atoms with Gasteiger partial charge in [-0.2, -0.15) is 0 Å². The minimum Gasteiger partial charge on any atom is -0.375 e. The summed E-state index contributed by atoms with van der Waals surface area (Å²) < 4.78 is 4.72. The van der Waals surface area contributed by atoms with Crippen LogP contribution in [0.25, 0.3) is 0 Å². The summed E-state index contributed by atoms with van der Waals surface area (Å²) in [7, 11) is 1.45. The second-order valence-electron chi connectivity index (χ2n) is 4.82. The summed E-state index contributed by atoms with van der Waals surface area (Å²) in [5.41, 5.74) is 7.03. The van der Waals surface area contributed by atoms with Crippen LogP contribution in [-0.2, 0) is 14.3 Å². The molecule has 2 amide bonds. The number of anilines is 2. The van der Waals surface area contributed by atoms with Crippen molar-refractivity contribution in [3.63, 3.8) is 0 Å². The van der Waals surface area contributed by atoms with Gasteiger partial charge in [0.25, 0.3) is 0 Å². The summed E-state index contributed by atoms with van der Waals surface area (Å²) in [6.07, 6.45) is 0. The summed E-state index contributed by atoms with van der Waals surface area (Å²) >= 11 is 0. The van der Waals surface area contributed by atoms with Crippen LogP contribution in [0.3, 0.4) is 0 Å². The van der Waals surface area contributed by atoms with Crippen molar-refractivity contribution < 1.29 is 14.3 Å². The van der Waals surface area contributed by atoms with Gasteiger partial charge in [-0.25, -0.2) is 0 Å². The number of carbonyl (C=O) groups excluding carboxylic acids is 2. The largest absolute Gasteiger partial charge is 0.375 e. The number of hydrogen-bond donors (Lipinski definition) is 3. The van der Waals surface area contributed by atoms with Crippen molar-refractivity contribution in [2.75, 3.05) is 24.4 Å². The Morgan fingerprint density at radius 3 is 2.10 bits per heavy atom. The van der Waals surface area contributed by atoms with Crippen LogP contribution in [0.5, 0.6) is 0 Å². The number of amides is 2. The molecule has 0 fully saturated rings. The Kier molecular flexibility index (Phi) is 6.14. The number of ether oxygens (including phenoxy) is 1. The molecule has 0 aliphatic heterocycles. The van der Waals surface area contributed by atoms with Gasteiger partial charge >= 0.3 is 0 Å². The van der Waals surface area contributed by atoms with Gasteiger partial charge in [0.1, 0.15) is 6.61 Å². The standard InChI is InChI=1S/C14H21N3O3/c1-9(2)13(15)14(19)17-11-6-4-10(5-7-11)16-12(18)8-20-3/h4-7,9,13H,8,15H2,1-3H3,(H,16,18)(H,17,19). The molecule has 0 bridgehead atoms. The Hall–Kier alpha value is -1.92. The van der Waals surface area contributed by atoms with E-state index < -0.39 is 6.04 Å². The van der Waals surface area contributed by atoms with Gasteiger partial charge in [0, 0.05) is 18.5 Å². The normalized spacial score (nSPS) is 12.1. The van der Waals surface area contributed by atoms with E-state index in [0.29, 0.717) is 11.4 Å². The first-order chi connectivity index (χ1) is 9.43. The molecule has 0 saturated carbocycles. The summed E-state index contributed by atoms with van der Waals surface area (Å²) in [6, 6.07) is 6.26. The zero-order valence-corrected chi connectivity index (χ0v) is 12.0. The van der Waals surface area contributed by atoms with Crippen LogP contribution in [0.15, 0.2) is 24.3 Å². The highest BCUT2D eigenvalue weighted by Gasteiger charge is 2.16. The van der Waals surface area contributed by atoms with E-state index in [4.69, 9.17) is 10.5 Å². The highest BCUT2D eigenvalue weighted by atomic mass is 16.5. The fraction of sp³-hybridized carbons (Fsp3) is 0.429. The Morgan fingerprint density at radius 2 is 1.65 bits per heavy atom. The molecule has 1 unspecified atom stereocenters. The van der Waals surface area contributed by atoms with E-state index in [1.807, 2.05) is 13.8 Å². The molecule has 1 aromatic carbocycles. The number of benzene rings is 1. The Bertz CT molecular complexity index is 457. The number of nitrogens with two attached hydrogens (primary N) is 1. The minimum atomic E-state index is -0.545. The van der Waals surface area contributed by atoms with E-state index in [0.717, 1.165) is 0 Å². The molecular weight excluding hydrogens is 258 g/mol. The lowest BCUT2D eigenvalue weighted by Gasteiger charge is -2.15. The van der Waals surface area contributed by atoms with Gasteiger partial charge in [0.15, 0.2) is 0 Å². The average molecular weight is 279 g/mol. The molecule has 1 aromatic rings. The number of carbonyl (C=O) groups is 2. The summed E-state index contributed by atoms with van der Waals surface area (Å²) in [5.74, 6) is -0.384. The molecule has 0 aliphatic carbocycles. The van der Waals surface area contributed by atoms with Gasteiger partial charge in [0.05, 0.1) is 6.04 Å². The molecule has 0 heterocycles. The smallest absolute Gasteiger partial charge is 0.250 e. The van der Waals surface area contributed by atoms with E-state index in [-0.39, 0.29) is 24.3 Å². The number of hydrogen-bond acceptors (Lipinski definition) is 4.